The second kappa shape index (κ2) is 12.8. The molecule has 2 aliphatic heterocycles. The molecule has 230 valence electrons. The van der Waals surface area contributed by atoms with Gasteiger partial charge >= 0.3 is 0 Å². The first-order chi connectivity index (χ1) is 21.2. The van der Waals surface area contributed by atoms with E-state index in [0.717, 1.165) is 47.3 Å². The molecule has 3 aromatic carbocycles. The largest absolute Gasteiger partial charge is 0.493 e. The van der Waals surface area contributed by atoms with Crippen molar-refractivity contribution in [2.24, 2.45) is 0 Å². The second-order valence-corrected chi connectivity index (χ2v) is 13.1. The average Bonchev–Trinajstić information content (AvgIpc) is 3.84. The molecule has 1 saturated carbocycles. The molecule has 2 fully saturated rings. The van der Waals surface area contributed by atoms with E-state index in [1.807, 2.05) is 34.1 Å². The van der Waals surface area contributed by atoms with Crippen LogP contribution >= 0.6 is 11.6 Å². The predicted octanol–water partition coefficient (Wildman–Crippen LogP) is 6.42. The molecule has 1 N–H and O–H groups in total. The van der Waals surface area contributed by atoms with Crippen LogP contribution in [0.2, 0.25) is 5.02 Å². The van der Waals surface area contributed by atoms with Crippen LogP contribution in [0.3, 0.4) is 0 Å². The van der Waals surface area contributed by atoms with Crippen LogP contribution in [-0.2, 0) is 22.6 Å². The highest BCUT2D eigenvalue weighted by Gasteiger charge is 2.43. The molecule has 2 bridgehead atoms. The first kappa shape index (κ1) is 30.4. The molecule has 3 aromatic rings. The number of benzene rings is 3. The number of hydrogen-bond donors (Lipinski definition) is 1. The number of rotatable bonds is 9. The van der Waals surface area contributed by atoms with Crippen molar-refractivity contribution in [3.05, 3.63) is 105 Å². The van der Waals surface area contributed by atoms with Crippen molar-refractivity contribution in [3.8, 4) is 5.75 Å². The average molecular weight is 612 g/mol. The van der Waals surface area contributed by atoms with Gasteiger partial charge in [0.1, 0.15) is 5.75 Å². The topological polar surface area (TPSA) is 61.9 Å². The van der Waals surface area contributed by atoms with Gasteiger partial charge in [-0.05, 0) is 91.1 Å². The van der Waals surface area contributed by atoms with E-state index < -0.39 is 0 Å². The van der Waals surface area contributed by atoms with Crippen molar-refractivity contribution >= 4 is 29.0 Å². The summed E-state index contributed by atoms with van der Waals surface area (Å²) in [5, 5.41) is 4.36. The zero-order valence-corrected chi connectivity index (χ0v) is 26.9. The quantitative estimate of drug-likeness (QED) is 0.303. The summed E-state index contributed by atoms with van der Waals surface area (Å²) in [5.74, 6) is 1.05. The van der Waals surface area contributed by atoms with Crippen LogP contribution in [0.1, 0.15) is 59.6 Å². The van der Waals surface area contributed by atoms with Crippen molar-refractivity contribution in [2.75, 3.05) is 19.7 Å². The molecule has 3 aliphatic rings. The highest BCUT2D eigenvalue weighted by atomic mass is 35.5. The Kier molecular flexibility index (Phi) is 8.84. The van der Waals surface area contributed by atoms with Gasteiger partial charge in [0.2, 0.25) is 5.91 Å². The Balaban J connectivity index is 1.27. The highest BCUT2D eigenvalue weighted by Crippen LogP contribution is 2.38. The summed E-state index contributed by atoms with van der Waals surface area (Å²) in [6, 6.07) is 20.8. The number of fused-ring (bicyclic) bond motifs is 2. The number of piperazine rings is 1. The smallest absolute Gasteiger partial charge is 0.252 e. The third kappa shape index (κ3) is 6.57. The van der Waals surface area contributed by atoms with Crippen LogP contribution in [0, 0.1) is 20.8 Å². The Morgan fingerprint density at radius 2 is 1.77 bits per heavy atom. The second-order valence-electron chi connectivity index (χ2n) is 12.7. The Morgan fingerprint density at radius 1 is 1.02 bits per heavy atom. The molecule has 44 heavy (non-hydrogen) atoms. The van der Waals surface area contributed by atoms with E-state index in [1.165, 1.54) is 22.3 Å². The van der Waals surface area contributed by atoms with Gasteiger partial charge in [-0.3, -0.25) is 9.59 Å². The minimum Gasteiger partial charge on any atom is -0.493 e. The summed E-state index contributed by atoms with van der Waals surface area (Å²) >= 11 is 6.54. The van der Waals surface area contributed by atoms with Crippen molar-refractivity contribution in [1.29, 1.82) is 0 Å². The summed E-state index contributed by atoms with van der Waals surface area (Å²) in [6.45, 7) is 10.2. The van der Waals surface area contributed by atoms with Crippen molar-refractivity contribution in [1.82, 2.24) is 15.1 Å². The van der Waals surface area contributed by atoms with Crippen LogP contribution in [0.4, 0.5) is 0 Å². The molecular formula is C37H42ClN3O3. The number of carbonyl (C=O) groups excluding carboxylic acids is 2. The Hall–Kier alpha value is -3.61. The number of ether oxygens (including phenoxy) is 1. The van der Waals surface area contributed by atoms with Gasteiger partial charge in [-0.15, -0.1) is 0 Å². The summed E-state index contributed by atoms with van der Waals surface area (Å²) in [4.78, 5) is 30.8. The summed E-state index contributed by atoms with van der Waals surface area (Å²) in [7, 11) is 0. The molecule has 0 unspecified atom stereocenters. The van der Waals surface area contributed by atoms with Gasteiger partial charge in [-0.25, -0.2) is 0 Å². The molecule has 2 heterocycles. The molecule has 2 atom stereocenters. The zero-order chi connectivity index (χ0) is 31.0. The number of carbonyl (C=O) groups is 2. The number of nitrogens with one attached hydrogen (secondary N) is 1. The van der Waals surface area contributed by atoms with E-state index in [0.29, 0.717) is 37.7 Å². The van der Waals surface area contributed by atoms with E-state index in [4.69, 9.17) is 16.3 Å². The standard InChI is InChI=1S/C37H42ClN3O3/c1-23-17-24(2)25(3)35(18-23)44-16-15-27-9-11-28(12-10-27)32-19-30-21-40(26(4)42)22-34(39-30)36(32)37(43)41(31-13-14-31)20-29-7-5-6-8-33(29)38/h5-12,17-18,30-31,34,39H,13-16,19-22H2,1-4H3/t30-,34-/m1/s1. The Bertz CT molecular complexity index is 1590. The summed E-state index contributed by atoms with van der Waals surface area (Å²) in [6.07, 6.45) is 3.49. The van der Waals surface area contributed by atoms with Crippen LogP contribution in [0.25, 0.3) is 5.57 Å². The molecule has 0 aromatic heterocycles. The van der Waals surface area contributed by atoms with E-state index in [-0.39, 0.29) is 29.9 Å². The molecule has 1 saturated heterocycles. The van der Waals surface area contributed by atoms with Crippen molar-refractivity contribution in [2.45, 2.75) is 78.0 Å². The van der Waals surface area contributed by atoms with Gasteiger partial charge in [0.15, 0.2) is 0 Å². The predicted molar refractivity (Wildman–Crippen MR) is 176 cm³/mol. The summed E-state index contributed by atoms with van der Waals surface area (Å²) < 4.78 is 6.18. The summed E-state index contributed by atoms with van der Waals surface area (Å²) in [5.41, 5.74) is 8.73. The first-order valence-corrected chi connectivity index (χ1v) is 16.1. The molecule has 0 spiro atoms. The van der Waals surface area contributed by atoms with E-state index in [2.05, 4.69) is 62.5 Å². The SMILES string of the molecule is CC(=O)N1C[C@H]2CC(c3ccc(CCOc4cc(C)cc(C)c4C)cc3)=C(C(=O)N(Cc3ccccc3Cl)C3CC3)[C@@H](C1)N2. The fraction of sp³-hybridized carbons (Fsp3) is 0.405. The fourth-order valence-electron chi connectivity index (χ4n) is 6.64. The van der Waals surface area contributed by atoms with Gasteiger partial charge in [-0.2, -0.15) is 0 Å². The lowest BCUT2D eigenvalue weighted by atomic mass is 9.82. The van der Waals surface area contributed by atoms with Crippen molar-refractivity contribution < 1.29 is 14.3 Å². The maximum atomic E-state index is 14.5. The van der Waals surface area contributed by atoms with Gasteiger partial charge < -0.3 is 19.9 Å². The molecule has 6 rings (SSSR count). The van der Waals surface area contributed by atoms with Gasteiger partial charge in [0.25, 0.3) is 5.91 Å². The highest BCUT2D eigenvalue weighted by molar-refractivity contribution is 6.31. The fourth-order valence-corrected chi connectivity index (χ4v) is 6.84. The van der Waals surface area contributed by atoms with E-state index in [1.54, 1.807) is 6.92 Å². The maximum Gasteiger partial charge on any atom is 0.252 e. The Morgan fingerprint density at radius 3 is 2.48 bits per heavy atom. The maximum absolute atomic E-state index is 14.5. The third-order valence-electron chi connectivity index (χ3n) is 9.34. The molecule has 7 heteroatoms. The Labute approximate surface area is 266 Å². The van der Waals surface area contributed by atoms with Crippen LogP contribution in [0.5, 0.6) is 5.75 Å². The number of aryl methyl sites for hydroxylation is 2. The number of nitrogens with zero attached hydrogens (tertiary/aromatic N) is 2. The first-order valence-electron chi connectivity index (χ1n) is 15.8. The molecule has 6 nitrogen and oxygen atoms in total. The lowest BCUT2D eigenvalue weighted by Crippen LogP contribution is -2.61. The van der Waals surface area contributed by atoms with Crippen LogP contribution < -0.4 is 10.1 Å². The van der Waals surface area contributed by atoms with Crippen LogP contribution in [-0.4, -0.2) is 59.4 Å². The normalized spacial score (nSPS) is 19.6. The molecule has 1 aliphatic carbocycles. The minimum atomic E-state index is -0.213. The number of halogens is 1. The van der Waals surface area contributed by atoms with Gasteiger partial charge in [0.05, 0.1) is 12.6 Å². The monoisotopic (exact) mass is 611 g/mol. The van der Waals surface area contributed by atoms with Gasteiger partial charge in [-0.1, -0.05) is 60.1 Å². The number of amides is 2. The molecule has 0 radical (unpaired) electrons. The molecule has 2 amide bonds. The van der Waals surface area contributed by atoms with Crippen LogP contribution in [0.15, 0.2) is 66.2 Å². The van der Waals surface area contributed by atoms with E-state index in [9.17, 15) is 9.59 Å². The zero-order valence-electron chi connectivity index (χ0n) is 26.2. The third-order valence-corrected chi connectivity index (χ3v) is 9.71. The van der Waals surface area contributed by atoms with Crippen molar-refractivity contribution in [3.63, 3.8) is 0 Å². The minimum absolute atomic E-state index is 0.0464. The molecular weight excluding hydrogens is 570 g/mol. The number of hydrogen-bond acceptors (Lipinski definition) is 4. The van der Waals surface area contributed by atoms with Gasteiger partial charge in [0, 0.05) is 55.7 Å². The van der Waals surface area contributed by atoms with E-state index >= 15 is 0 Å². The lowest BCUT2D eigenvalue weighted by Gasteiger charge is -2.44. The lowest BCUT2D eigenvalue weighted by molar-refractivity contribution is -0.132.